The Bertz CT molecular complexity index is 105. The number of hydrogen-bond acceptors (Lipinski definition) is 4. The molecule has 2 rings (SSSR count). The van der Waals surface area contributed by atoms with Crippen molar-refractivity contribution in [3.63, 3.8) is 0 Å². The van der Waals surface area contributed by atoms with E-state index in [9.17, 15) is 0 Å². The van der Waals surface area contributed by atoms with Crippen molar-refractivity contribution in [2.24, 2.45) is 5.41 Å². The lowest BCUT2D eigenvalue weighted by Gasteiger charge is -2.41. The molecular weight excluding hydrogens is 140 g/mol. The summed E-state index contributed by atoms with van der Waals surface area (Å²) in [7, 11) is 0. The predicted molar refractivity (Wildman–Crippen MR) is 32.7 cm³/mol. The van der Waals surface area contributed by atoms with E-state index in [0.717, 1.165) is 11.5 Å². The van der Waals surface area contributed by atoms with Crippen molar-refractivity contribution >= 4 is 11.8 Å². The average molecular weight is 148 g/mol. The molecule has 0 N–H and O–H groups in total. The lowest BCUT2D eigenvalue weighted by Crippen LogP contribution is -2.46. The molecule has 0 radical (unpaired) electrons. The van der Waals surface area contributed by atoms with E-state index in [0.29, 0.717) is 18.6 Å². The first-order valence-electron chi connectivity index (χ1n) is 2.90. The molecule has 0 bridgehead atoms. The lowest BCUT2D eigenvalue weighted by atomic mass is 9.94. The highest BCUT2D eigenvalue weighted by Gasteiger charge is 2.41. The van der Waals surface area contributed by atoms with Crippen LogP contribution in [0.15, 0.2) is 0 Å². The topological polar surface area (TPSA) is 27.7 Å². The summed E-state index contributed by atoms with van der Waals surface area (Å²) in [6.45, 7) is 1.39. The van der Waals surface area contributed by atoms with Gasteiger partial charge in [0.25, 0.3) is 0 Å². The van der Waals surface area contributed by atoms with Gasteiger partial charge in [0.05, 0.1) is 13.2 Å². The Kier molecular flexibility index (Phi) is 1.41. The van der Waals surface area contributed by atoms with Crippen molar-refractivity contribution < 1.29 is 14.8 Å². The maximum Gasteiger partial charge on any atom is 0.0949 e. The molecule has 0 aliphatic carbocycles. The monoisotopic (exact) mass is 148 g/mol. The minimum Gasteiger partial charge on any atom is -0.205 e. The van der Waals surface area contributed by atoms with Crippen LogP contribution in [-0.4, -0.2) is 24.7 Å². The summed E-state index contributed by atoms with van der Waals surface area (Å²) < 4.78 is 0. The van der Waals surface area contributed by atoms with Crippen molar-refractivity contribution in [3.8, 4) is 0 Å². The standard InChI is InChI=1S/C5H8O3S/c1-5(3-9-4-5)2-7-8-6-1/h1-4H2. The van der Waals surface area contributed by atoms with E-state index >= 15 is 0 Å². The molecule has 0 unspecified atom stereocenters. The molecule has 2 fully saturated rings. The number of thioether (sulfide) groups is 1. The second-order valence-electron chi connectivity index (χ2n) is 2.59. The van der Waals surface area contributed by atoms with Crippen molar-refractivity contribution in [1.82, 2.24) is 0 Å². The van der Waals surface area contributed by atoms with Crippen LogP contribution >= 0.6 is 11.8 Å². The van der Waals surface area contributed by atoms with E-state index in [2.05, 4.69) is 5.04 Å². The van der Waals surface area contributed by atoms with Crippen LogP contribution in [0.2, 0.25) is 0 Å². The molecule has 0 aromatic carbocycles. The summed E-state index contributed by atoms with van der Waals surface area (Å²) >= 11 is 1.93. The van der Waals surface area contributed by atoms with Gasteiger partial charge in [0.2, 0.25) is 0 Å². The largest absolute Gasteiger partial charge is 0.205 e. The second kappa shape index (κ2) is 2.12. The Morgan fingerprint density at radius 2 is 1.78 bits per heavy atom. The van der Waals surface area contributed by atoms with Crippen LogP contribution in [0.3, 0.4) is 0 Å². The normalized spacial score (nSPS) is 32.0. The maximum atomic E-state index is 4.69. The molecule has 0 saturated carbocycles. The van der Waals surface area contributed by atoms with Gasteiger partial charge in [-0.25, -0.2) is 9.78 Å². The zero-order valence-electron chi connectivity index (χ0n) is 4.96. The smallest absolute Gasteiger partial charge is 0.0949 e. The lowest BCUT2D eigenvalue weighted by molar-refractivity contribution is -0.548. The molecule has 2 saturated heterocycles. The molecule has 0 amide bonds. The fourth-order valence-electron chi connectivity index (χ4n) is 0.931. The maximum absolute atomic E-state index is 4.69. The van der Waals surface area contributed by atoms with Crippen LogP contribution in [0.5, 0.6) is 0 Å². The summed E-state index contributed by atoms with van der Waals surface area (Å²) in [6.07, 6.45) is 0. The fraction of sp³-hybridized carbons (Fsp3) is 1.00. The van der Waals surface area contributed by atoms with Crippen LogP contribution in [0, 0.1) is 5.41 Å². The van der Waals surface area contributed by atoms with Gasteiger partial charge in [0, 0.05) is 16.9 Å². The predicted octanol–water partition coefficient (Wildman–Crippen LogP) is 0.613. The van der Waals surface area contributed by atoms with E-state index < -0.39 is 0 Å². The van der Waals surface area contributed by atoms with Gasteiger partial charge in [0.1, 0.15) is 0 Å². The Hall–Kier alpha value is 0.230. The third kappa shape index (κ3) is 0.961. The van der Waals surface area contributed by atoms with Crippen LogP contribution < -0.4 is 0 Å². The number of rotatable bonds is 0. The summed E-state index contributed by atoms with van der Waals surface area (Å²) in [5, 5.41) is 4.29. The molecule has 0 aromatic heterocycles. The van der Waals surface area contributed by atoms with Crippen LogP contribution in [0.1, 0.15) is 0 Å². The third-order valence-electron chi connectivity index (χ3n) is 1.64. The minimum atomic E-state index is 0.295. The molecule has 9 heavy (non-hydrogen) atoms. The summed E-state index contributed by atoms with van der Waals surface area (Å²) in [5.74, 6) is 2.30. The van der Waals surface area contributed by atoms with Gasteiger partial charge in [-0.05, 0) is 0 Å². The Balaban J connectivity index is 1.93. The van der Waals surface area contributed by atoms with Crippen LogP contribution in [-0.2, 0) is 14.8 Å². The van der Waals surface area contributed by atoms with Gasteiger partial charge in [-0.1, -0.05) is 5.04 Å². The summed E-state index contributed by atoms with van der Waals surface area (Å²) in [6, 6.07) is 0. The quantitative estimate of drug-likeness (QED) is 0.470. The minimum absolute atomic E-state index is 0.295. The average Bonchev–Trinajstić information content (AvgIpc) is 1.87. The third-order valence-corrected chi connectivity index (χ3v) is 3.28. The van der Waals surface area contributed by atoms with Crippen molar-refractivity contribution in [2.75, 3.05) is 24.7 Å². The Morgan fingerprint density at radius 1 is 1.11 bits per heavy atom. The van der Waals surface area contributed by atoms with Crippen molar-refractivity contribution in [1.29, 1.82) is 0 Å². The molecule has 2 aliphatic rings. The van der Waals surface area contributed by atoms with Crippen LogP contribution in [0.25, 0.3) is 0 Å². The van der Waals surface area contributed by atoms with E-state index in [1.165, 1.54) is 0 Å². The van der Waals surface area contributed by atoms with Crippen LogP contribution in [0.4, 0.5) is 0 Å². The van der Waals surface area contributed by atoms with E-state index in [1.807, 2.05) is 11.8 Å². The highest BCUT2D eigenvalue weighted by molar-refractivity contribution is 8.00. The number of hydrogen-bond donors (Lipinski definition) is 0. The molecule has 4 heteroatoms. The zero-order valence-corrected chi connectivity index (χ0v) is 5.78. The highest BCUT2D eigenvalue weighted by atomic mass is 32.2. The molecule has 0 atom stereocenters. The van der Waals surface area contributed by atoms with Crippen molar-refractivity contribution in [3.05, 3.63) is 0 Å². The molecule has 52 valence electrons. The zero-order chi connectivity index (χ0) is 6.16. The molecule has 2 heterocycles. The molecule has 0 aromatic rings. The first kappa shape index (κ1) is 5.97. The second-order valence-corrected chi connectivity index (χ2v) is 3.57. The first-order chi connectivity index (χ1) is 4.41. The van der Waals surface area contributed by atoms with E-state index in [1.54, 1.807) is 0 Å². The van der Waals surface area contributed by atoms with Gasteiger partial charge in [0.15, 0.2) is 0 Å². The summed E-state index contributed by atoms with van der Waals surface area (Å²) in [4.78, 5) is 9.38. The SMILES string of the molecule is C1OOOCC12CSC2. The van der Waals surface area contributed by atoms with E-state index in [4.69, 9.17) is 9.78 Å². The Labute approximate surface area is 57.5 Å². The van der Waals surface area contributed by atoms with Gasteiger partial charge in [-0.2, -0.15) is 11.8 Å². The first-order valence-corrected chi connectivity index (χ1v) is 4.06. The highest BCUT2D eigenvalue weighted by Crippen LogP contribution is 2.39. The molecule has 1 spiro atoms. The van der Waals surface area contributed by atoms with Gasteiger partial charge >= 0.3 is 0 Å². The molecule has 3 nitrogen and oxygen atoms in total. The van der Waals surface area contributed by atoms with Gasteiger partial charge in [-0.3, -0.25) is 0 Å². The Morgan fingerprint density at radius 3 is 2.11 bits per heavy atom. The molecule has 2 aliphatic heterocycles. The fourth-order valence-corrected chi connectivity index (χ4v) is 2.05. The summed E-state index contributed by atoms with van der Waals surface area (Å²) in [5.41, 5.74) is 0.295. The molecular formula is C5H8O3S. The van der Waals surface area contributed by atoms with Gasteiger partial charge in [-0.15, -0.1) is 0 Å². The van der Waals surface area contributed by atoms with E-state index in [-0.39, 0.29) is 0 Å². The van der Waals surface area contributed by atoms with Gasteiger partial charge < -0.3 is 0 Å². The van der Waals surface area contributed by atoms with Crippen molar-refractivity contribution in [2.45, 2.75) is 0 Å².